The van der Waals surface area contributed by atoms with Gasteiger partial charge in [0.15, 0.2) is 0 Å². The van der Waals surface area contributed by atoms with Gasteiger partial charge < -0.3 is 0 Å². The minimum absolute atomic E-state index is 1.15. The Hall–Kier alpha value is -1.04. The molecule has 0 radical (unpaired) electrons. The molecule has 0 aromatic carbocycles. The van der Waals surface area contributed by atoms with Crippen molar-refractivity contribution in [3.05, 3.63) is 47.6 Å². The fourth-order valence-corrected chi connectivity index (χ4v) is 2.12. The van der Waals surface area contributed by atoms with E-state index < -0.39 is 0 Å². The second-order valence-electron chi connectivity index (χ2n) is 4.30. The Labute approximate surface area is 100 Å². The van der Waals surface area contributed by atoms with Gasteiger partial charge in [-0.1, -0.05) is 47.6 Å². The van der Waals surface area contributed by atoms with Crippen LogP contribution >= 0.6 is 0 Å². The first-order valence-corrected chi connectivity index (χ1v) is 6.45. The first-order valence-electron chi connectivity index (χ1n) is 6.45. The Balaban J connectivity index is 2.75. The molecule has 0 spiro atoms. The van der Waals surface area contributed by atoms with E-state index in [4.69, 9.17) is 0 Å². The summed E-state index contributed by atoms with van der Waals surface area (Å²) in [6.45, 7) is 4.21. The molecule has 0 aromatic rings. The van der Waals surface area contributed by atoms with E-state index in [9.17, 15) is 0 Å². The van der Waals surface area contributed by atoms with Crippen LogP contribution in [0.1, 0.15) is 52.4 Å². The molecule has 0 heteroatoms. The van der Waals surface area contributed by atoms with Gasteiger partial charge >= 0.3 is 0 Å². The molecule has 0 atom stereocenters. The molecule has 0 bridgehead atoms. The summed E-state index contributed by atoms with van der Waals surface area (Å²) in [5, 5.41) is 0. The smallest absolute Gasteiger partial charge is 0.0136 e. The van der Waals surface area contributed by atoms with Crippen LogP contribution in [0.25, 0.3) is 0 Å². The molecule has 0 aliphatic heterocycles. The second kappa shape index (κ2) is 8.15. The van der Waals surface area contributed by atoms with Crippen molar-refractivity contribution in [3.8, 4) is 0 Å². The third-order valence-electron chi connectivity index (χ3n) is 3.09. The molecule has 1 aliphatic carbocycles. The first-order chi connectivity index (χ1) is 7.88. The topological polar surface area (TPSA) is 0 Å². The molecular weight excluding hydrogens is 192 g/mol. The summed E-state index contributed by atoms with van der Waals surface area (Å²) in [6, 6.07) is 0. The van der Waals surface area contributed by atoms with E-state index in [1.165, 1.54) is 25.7 Å². The molecule has 0 N–H and O–H groups in total. The molecule has 1 rings (SSSR count). The molecule has 88 valence electrons. The lowest BCUT2D eigenvalue weighted by Gasteiger charge is -2.14. The van der Waals surface area contributed by atoms with Gasteiger partial charge in [0.2, 0.25) is 0 Å². The van der Waals surface area contributed by atoms with Gasteiger partial charge in [-0.2, -0.15) is 0 Å². The first kappa shape index (κ1) is 13.0. The molecule has 0 amide bonds. The molecular formula is C16H24. The highest BCUT2D eigenvalue weighted by Crippen LogP contribution is 2.25. The van der Waals surface area contributed by atoms with E-state index in [0.717, 1.165) is 12.8 Å². The fourth-order valence-electron chi connectivity index (χ4n) is 2.12. The third kappa shape index (κ3) is 4.65. The number of allylic oxidation sites excluding steroid dienone is 8. The van der Waals surface area contributed by atoms with Gasteiger partial charge in [-0.25, -0.2) is 0 Å². The Bertz CT molecular complexity index is 270. The quantitative estimate of drug-likeness (QED) is 0.556. The highest BCUT2D eigenvalue weighted by molar-refractivity contribution is 5.22. The summed E-state index contributed by atoms with van der Waals surface area (Å²) in [5.41, 5.74) is 3.33. The molecule has 16 heavy (non-hydrogen) atoms. The van der Waals surface area contributed by atoms with Crippen LogP contribution in [0.3, 0.4) is 0 Å². The van der Waals surface area contributed by atoms with Crippen LogP contribution in [0.4, 0.5) is 0 Å². The molecule has 0 fully saturated rings. The van der Waals surface area contributed by atoms with Gasteiger partial charge in [-0.05, 0) is 52.4 Å². The van der Waals surface area contributed by atoms with Crippen molar-refractivity contribution < 1.29 is 0 Å². The van der Waals surface area contributed by atoms with Crippen molar-refractivity contribution in [2.24, 2.45) is 0 Å². The van der Waals surface area contributed by atoms with E-state index in [1.54, 1.807) is 11.1 Å². The summed E-state index contributed by atoms with van der Waals surface area (Å²) in [5.74, 6) is 0. The van der Waals surface area contributed by atoms with Crippen molar-refractivity contribution in [2.45, 2.75) is 52.4 Å². The largest absolute Gasteiger partial charge is 0.0913 e. The van der Waals surface area contributed by atoms with Crippen molar-refractivity contribution in [1.29, 1.82) is 0 Å². The van der Waals surface area contributed by atoms with Crippen molar-refractivity contribution >= 4 is 0 Å². The highest BCUT2D eigenvalue weighted by atomic mass is 14.1. The van der Waals surface area contributed by atoms with Gasteiger partial charge in [-0.15, -0.1) is 0 Å². The zero-order chi connectivity index (χ0) is 11.6. The van der Waals surface area contributed by atoms with Crippen LogP contribution in [0.15, 0.2) is 47.6 Å². The van der Waals surface area contributed by atoms with E-state index in [0.29, 0.717) is 0 Å². The second-order valence-corrected chi connectivity index (χ2v) is 4.30. The number of hydrogen-bond donors (Lipinski definition) is 0. The fraction of sp³-hybridized carbons (Fsp3) is 0.500. The van der Waals surface area contributed by atoms with Crippen LogP contribution in [0, 0.1) is 0 Å². The van der Waals surface area contributed by atoms with E-state index in [2.05, 4.69) is 50.3 Å². The Morgan fingerprint density at radius 3 is 1.69 bits per heavy atom. The lowest BCUT2D eigenvalue weighted by molar-refractivity contribution is 0.822. The summed E-state index contributed by atoms with van der Waals surface area (Å²) in [6.07, 6.45) is 20.8. The van der Waals surface area contributed by atoms with Crippen molar-refractivity contribution in [2.75, 3.05) is 0 Å². The average molecular weight is 216 g/mol. The summed E-state index contributed by atoms with van der Waals surface area (Å²) in [4.78, 5) is 0. The summed E-state index contributed by atoms with van der Waals surface area (Å²) < 4.78 is 0. The number of rotatable bonds is 4. The molecule has 0 heterocycles. The maximum atomic E-state index is 2.34. The number of hydrogen-bond acceptors (Lipinski definition) is 0. The average Bonchev–Trinajstić information content (AvgIpc) is 2.27. The maximum absolute atomic E-state index is 2.34. The lowest BCUT2D eigenvalue weighted by atomic mass is 9.92. The van der Waals surface area contributed by atoms with Crippen LogP contribution in [-0.4, -0.2) is 0 Å². The van der Waals surface area contributed by atoms with Crippen LogP contribution < -0.4 is 0 Å². The zero-order valence-electron chi connectivity index (χ0n) is 10.7. The van der Waals surface area contributed by atoms with E-state index in [1.807, 2.05) is 0 Å². The minimum Gasteiger partial charge on any atom is -0.0913 e. The molecule has 1 aliphatic rings. The predicted octanol–water partition coefficient (Wildman–Crippen LogP) is 5.35. The molecule has 0 unspecified atom stereocenters. The van der Waals surface area contributed by atoms with Gasteiger partial charge in [0.25, 0.3) is 0 Å². The third-order valence-corrected chi connectivity index (χ3v) is 3.09. The molecule has 0 saturated carbocycles. The van der Waals surface area contributed by atoms with Gasteiger partial charge in [-0.3, -0.25) is 0 Å². The summed E-state index contributed by atoms with van der Waals surface area (Å²) >= 11 is 0. The van der Waals surface area contributed by atoms with E-state index in [-0.39, 0.29) is 0 Å². The Kier molecular flexibility index (Phi) is 6.64. The predicted molar refractivity (Wildman–Crippen MR) is 73.5 cm³/mol. The van der Waals surface area contributed by atoms with Crippen molar-refractivity contribution in [3.63, 3.8) is 0 Å². The summed E-state index contributed by atoms with van der Waals surface area (Å²) in [7, 11) is 0. The van der Waals surface area contributed by atoms with Gasteiger partial charge in [0.05, 0.1) is 0 Å². The zero-order valence-corrected chi connectivity index (χ0v) is 10.7. The van der Waals surface area contributed by atoms with Gasteiger partial charge in [0, 0.05) is 0 Å². The lowest BCUT2D eigenvalue weighted by Crippen LogP contribution is -1.94. The standard InChI is InChI=1S/C16H24/c1-3-5-11-15-13-9-7-8-10-14-16(15)12-6-4-2/h3-8H,9-14H2,1-2H3. The van der Waals surface area contributed by atoms with Crippen LogP contribution in [-0.2, 0) is 0 Å². The highest BCUT2D eigenvalue weighted by Gasteiger charge is 2.05. The normalized spacial score (nSPS) is 18.4. The molecule has 0 nitrogen and oxygen atoms in total. The van der Waals surface area contributed by atoms with E-state index >= 15 is 0 Å². The SMILES string of the molecule is CC=CCC1=C(CC=CC)CCC=CCC1. The molecule has 0 aromatic heterocycles. The van der Waals surface area contributed by atoms with Crippen LogP contribution in [0.2, 0.25) is 0 Å². The maximum Gasteiger partial charge on any atom is -0.0136 e. The minimum atomic E-state index is 1.15. The molecule has 0 saturated heterocycles. The Morgan fingerprint density at radius 1 is 0.875 bits per heavy atom. The Morgan fingerprint density at radius 2 is 1.31 bits per heavy atom. The monoisotopic (exact) mass is 216 g/mol. The van der Waals surface area contributed by atoms with Crippen LogP contribution in [0.5, 0.6) is 0 Å². The van der Waals surface area contributed by atoms with Gasteiger partial charge in [0.1, 0.15) is 0 Å². The van der Waals surface area contributed by atoms with Crippen molar-refractivity contribution in [1.82, 2.24) is 0 Å².